The number of nitrogens with zero attached hydrogens (tertiary/aromatic N) is 2. The number of likely N-dealkylation sites (N-methyl/N-ethyl adjacent to an activating group) is 1. The van der Waals surface area contributed by atoms with Gasteiger partial charge in [0.05, 0.1) is 29.6 Å². The van der Waals surface area contributed by atoms with Crippen LogP contribution in [0, 0.1) is 11.3 Å². The number of nitriles is 1. The van der Waals surface area contributed by atoms with E-state index in [1.807, 2.05) is 27.0 Å². The smallest absolute Gasteiger partial charge is 0.246 e. The van der Waals surface area contributed by atoms with Crippen LogP contribution in [0.25, 0.3) is 0 Å². The highest BCUT2D eigenvalue weighted by Gasteiger charge is 2.29. The molecule has 0 bridgehead atoms. The molecule has 0 radical (unpaired) electrons. The van der Waals surface area contributed by atoms with Crippen molar-refractivity contribution in [2.24, 2.45) is 0 Å². The lowest BCUT2D eigenvalue weighted by Crippen LogP contribution is -2.52. The minimum Gasteiger partial charge on any atom is -0.374 e. The molecule has 1 aromatic carbocycles. The largest absolute Gasteiger partial charge is 0.374 e. The molecule has 1 aliphatic rings. The van der Waals surface area contributed by atoms with Gasteiger partial charge in [0, 0.05) is 12.1 Å². The van der Waals surface area contributed by atoms with Crippen LogP contribution in [-0.4, -0.2) is 31.6 Å². The first-order chi connectivity index (χ1) is 8.96. The number of nitrogens with one attached hydrogen (secondary N) is 2. The van der Waals surface area contributed by atoms with E-state index in [1.54, 1.807) is 17.0 Å². The Morgan fingerprint density at radius 1 is 1.53 bits per heavy atom. The highest BCUT2D eigenvalue weighted by atomic mass is 16.2. The fourth-order valence-electron chi connectivity index (χ4n) is 2.03. The zero-order valence-corrected chi connectivity index (χ0v) is 11.4. The summed E-state index contributed by atoms with van der Waals surface area (Å²) in [6.07, 6.45) is 0. The number of fused-ring (bicyclic) bond motifs is 1. The van der Waals surface area contributed by atoms with Crippen molar-refractivity contribution >= 4 is 17.3 Å². The molecule has 0 fully saturated rings. The maximum atomic E-state index is 12.1. The lowest BCUT2D eigenvalue weighted by Gasteiger charge is -2.36. The highest BCUT2D eigenvalue weighted by Crippen LogP contribution is 2.31. The Balaban J connectivity index is 2.36. The molecular weight excluding hydrogens is 240 g/mol. The molecule has 1 aromatic rings. The molecule has 100 valence electrons. The van der Waals surface area contributed by atoms with Crippen LogP contribution in [-0.2, 0) is 4.79 Å². The monoisotopic (exact) mass is 258 g/mol. The van der Waals surface area contributed by atoms with Crippen molar-refractivity contribution in [1.82, 2.24) is 5.32 Å². The first-order valence-electron chi connectivity index (χ1n) is 6.24. The standard InChI is InChI=1S/C14H18N4O/c1-14(2,16-3)9-18-12-5-4-10(7-15)6-11(12)17-8-13(18)19/h4-6,16-17H,8-9H2,1-3H3. The van der Waals surface area contributed by atoms with Gasteiger partial charge in [0.15, 0.2) is 0 Å². The van der Waals surface area contributed by atoms with Crippen LogP contribution < -0.4 is 15.5 Å². The number of amides is 1. The van der Waals surface area contributed by atoms with Crippen molar-refractivity contribution < 1.29 is 4.79 Å². The molecule has 19 heavy (non-hydrogen) atoms. The van der Waals surface area contributed by atoms with Gasteiger partial charge in [-0.15, -0.1) is 0 Å². The summed E-state index contributed by atoms with van der Waals surface area (Å²) in [6, 6.07) is 7.44. The van der Waals surface area contributed by atoms with Gasteiger partial charge in [0.1, 0.15) is 0 Å². The first-order valence-corrected chi connectivity index (χ1v) is 6.24. The predicted molar refractivity (Wildman–Crippen MR) is 75.1 cm³/mol. The molecule has 0 atom stereocenters. The summed E-state index contributed by atoms with van der Waals surface area (Å²) < 4.78 is 0. The topological polar surface area (TPSA) is 68.2 Å². The maximum absolute atomic E-state index is 12.1. The van der Waals surface area contributed by atoms with E-state index < -0.39 is 0 Å². The van der Waals surface area contributed by atoms with Gasteiger partial charge < -0.3 is 15.5 Å². The van der Waals surface area contributed by atoms with Crippen LogP contribution in [0.2, 0.25) is 0 Å². The van der Waals surface area contributed by atoms with Crippen LogP contribution in [0.4, 0.5) is 11.4 Å². The molecule has 0 saturated heterocycles. The zero-order valence-electron chi connectivity index (χ0n) is 11.4. The number of hydrogen-bond acceptors (Lipinski definition) is 4. The van der Waals surface area contributed by atoms with E-state index in [0.717, 1.165) is 11.4 Å². The van der Waals surface area contributed by atoms with Crippen molar-refractivity contribution in [3.63, 3.8) is 0 Å². The number of hydrogen-bond donors (Lipinski definition) is 2. The normalized spacial score (nSPS) is 14.6. The van der Waals surface area contributed by atoms with E-state index in [0.29, 0.717) is 12.1 Å². The maximum Gasteiger partial charge on any atom is 0.246 e. The Hall–Kier alpha value is -2.06. The van der Waals surface area contributed by atoms with E-state index in [2.05, 4.69) is 16.7 Å². The second kappa shape index (κ2) is 4.90. The lowest BCUT2D eigenvalue weighted by atomic mass is 10.0. The second-order valence-corrected chi connectivity index (χ2v) is 5.31. The summed E-state index contributed by atoms with van der Waals surface area (Å²) in [6.45, 7) is 4.95. The number of carbonyl (C=O) groups excluding carboxylic acids is 1. The molecule has 5 heteroatoms. The third-order valence-electron chi connectivity index (χ3n) is 3.38. The fourth-order valence-corrected chi connectivity index (χ4v) is 2.03. The molecule has 1 amide bonds. The molecule has 2 rings (SSSR count). The number of anilines is 2. The Kier molecular flexibility index (Phi) is 3.45. The Bertz CT molecular complexity index is 545. The fraction of sp³-hybridized carbons (Fsp3) is 0.429. The molecule has 0 saturated carbocycles. The Morgan fingerprint density at radius 2 is 2.26 bits per heavy atom. The summed E-state index contributed by atoms with van der Waals surface area (Å²) in [7, 11) is 1.88. The minimum absolute atomic E-state index is 0.0422. The molecule has 5 nitrogen and oxygen atoms in total. The van der Waals surface area contributed by atoms with Gasteiger partial charge in [-0.3, -0.25) is 4.79 Å². The summed E-state index contributed by atoms with van der Waals surface area (Å²) in [5.41, 5.74) is 2.09. The summed E-state index contributed by atoms with van der Waals surface area (Å²) in [5.74, 6) is 0.0422. The van der Waals surface area contributed by atoms with Crippen molar-refractivity contribution in [2.75, 3.05) is 30.4 Å². The first kappa shape index (κ1) is 13.4. The third-order valence-corrected chi connectivity index (χ3v) is 3.38. The molecule has 1 heterocycles. The molecular formula is C14H18N4O. The van der Waals surface area contributed by atoms with Gasteiger partial charge in [0.25, 0.3) is 0 Å². The zero-order chi connectivity index (χ0) is 14.0. The second-order valence-electron chi connectivity index (χ2n) is 5.31. The van der Waals surface area contributed by atoms with Crippen LogP contribution in [0.3, 0.4) is 0 Å². The Morgan fingerprint density at radius 3 is 2.89 bits per heavy atom. The quantitative estimate of drug-likeness (QED) is 0.858. The van der Waals surface area contributed by atoms with Crippen molar-refractivity contribution in [3.05, 3.63) is 23.8 Å². The van der Waals surface area contributed by atoms with E-state index in [9.17, 15) is 4.79 Å². The van der Waals surface area contributed by atoms with Gasteiger partial charge in [0.2, 0.25) is 5.91 Å². The van der Waals surface area contributed by atoms with Crippen molar-refractivity contribution in [2.45, 2.75) is 19.4 Å². The number of benzene rings is 1. The van der Waals surface area contributed by atoms with Gasteiger partial charge >= 0.3 is 0 Å². The van der Waals surface area contributed by atoms with Crippen molar-refractivity contribution in [3.8, 4) is 6.07 Å². The molecule has 0 aliphatic carbocycles. The molecule has 1 aliphatic heterocycles. The van der Waals surface area contributed by atoms with Gasteiger partial charge in [-0.25, -0.2) is 0 Å². The van der Waals surface area contributed by atoms with Gasteiger partial charge in [-0.2, -0.15) is 5.26 Å². The summed E-state index contributed by atoms with van der Waals surface area (Å²) >= 11 is 0. The number of carbonyl (C=O) groups is 1. The Labute approximate surface area is 113 Å². The van der Waals surface area contributed by atoms with Crippen LogP contribution in [0.15, 0.2) is 18.2 Å². The summed E-state index contributed by atoms with van der Waals surface area (Å²) in [4.78, 5) is 13.8. The van der Waals surface area contributed by atoms with E-state index in [-0.39, 0.29) is 18.0 Å². The van der Waals surface area contributed by atoms with Crippen LogP contribution >= 0.6 is 0 Å². The highest BCUT2D eigenvalue weighted by molar-refractivity contribution is 6.02. The van der Waals surface area contributed by atoms with E-state index >= 15 is 0 Å². The predicted octanol–water partition coefficient (Wildman–Crippen LogP) is 1.31. The average Bonchev–Trinajstić information content (AvgIpc) is 2.41. The molecule has 0 spiro atoms. The van der Waals surface area contributed by atoms with Gasteiger partial charge in [-0.05, 0) is 39.1 Å². The minimum atomic E-state index is -0.168. The average molecular weight is 258 g/mol. The van der Waals surface area contributed by atoms with Crippen LogP contribution in [0.5, 0.6) is 0 Å². The van der Waals surface area contributed by atoms with E-state index in [1.165, 1.54) is 0 Å². The molecule has 0 aromatic heterocycles. The summed E-state index contributed by atoms with van der Waals surface area (Å²) in [5, 5.41) is 15.2. The lowest BCUT2D eigenvalue weighted by molar-refractivity contribution is -0.117. The third kappa shape index (κ3) is 2.69. The molecule has 2 N–H and O–H groups in total. The SMILES string of the molecule is CNC(C)(C)CN1C(=O)CNc2cc(C#N)ccc21. The van der Waals surface area contributed by atoms with Gasteiger partial charge in [-0.1, -0.05) is 0 Å². The molecule has 0 unspecified atom stereocenters. The number of rotatable bonds is 3. The van der Waals surface area contributed by atoms with E-state index in [4.69, 9.17) is 5.26 Å². The van der Waals surface area contributed by atoms with Crippen molar-refractivity contribution in [1.29, 1.82) is 5.26 Å². The van der Waals surface area contributed by atoms with Crippen LogP contribution in [0.1, 0.15) is 19.4 Å².